The van der Waals surface area contributed by atoms with E-state index in [0.717, 1.165) is 0 Å². The Kier molecular flexibility index (Phi) is 5.43. The van der Waals surface area contributed by atoms with Gasteiger partial charge in [-0.15, -0.1) is 0 Å². The first-order chi connectivity index (χ1) is 8.89. The van der Waals surface area contributed by atoms with Crippen molar-refractivity contribution < 1.29 is 15.0 Å². The van der Waals surface area contributed by atoms with E-state index in [9.17, 15) is 15.0 Å². The average molecular weight is 307 g/mol. The Labute approximate surface area is 121 Å². The lowest BCUT2D eigenvalue weighted by Crippen LogP contribution is -2.53. The zero-order chi connectivity index (χ0) is 14.6. The molecule has 0 bridgehead atoms. The van der Waals surface area contributed by atoms with Gasteiger partial charge in [0.05, 0.1) is 34.5 Å². The third kappa shape index (κ3) is 3.51. The third-order valence-corrected chi connectivity index (χ3v) is 3.80. The topological polar surface area (TPSA) is 95.6 Å². The van der Waals surface area contributed by atoms with Crippen molar-refractivity contribution in [3.63, 3.8) is 0 Å². The van der Waals surface area contributed by atoms with Gasteiger partial charge in [-0.2, -0.15) is 0 Å². The Morgan fingerprint density at radius 2 is 1.95 bits per heavy atom. The first kappa shape index (κ1) is 16.0. The minimum atomic E-state index is -1.07. The normalized spacial score (nSPS) is 11.4. The number of nitrogen functional groups attached to an aromatic ring is 1. The molecule has 0 saturated heterocycles. The van der Waals surface area contributed by atoms with Crippen molar-refractivity contribution in [2.24, 2.45) is 0 Å². The second kappa shape index (κ2) is 6.43. The van der Waals surface area contributed by atoms with E-state index < -0.39 is 11.4 Å². The largest absolute Gasteiger partial charge is 0.397 e. The van der Waals surface area contributed by atoms with E-state index in [0.29, 0.717) is 6.42 Å². The number of amides is 1. The summed E-state index contributed by atoms with van der Waals surface area (Å²) in [5.41, 5.74) is 4.96. The Balaban J connectivity index is 3.01. The van der Waals surface area contributed by atoms with Crippen LogP contribution in [0.15, 0.2) is 12.1 Å². The van der Waals surface area contributed by atoms with Gasteiger partial charge >= 0.3 is 0 Å². The minimum absolute atomic E-state index is 0.168. The lowest BCUT2D eigenvalue weighted by molar-refractivity contribution is 0.0653. The van der Waals surface area contributed by atoms with Crippen molar-refractivity contribution >= 4 is 34.8 Å². The number of hydrogen-bond acceptors (Lipinski definition) is 4. The lowest BCUT2D eigenvalue weighted by atomic mass is 9.97. The van der Waals surface area contributed by atoms with Crippen LogP contribution in [0.25, 0.3) is 0 Å². The number of hydrogen-bond donors (Lipinski definition) is 4. The van der Waals surface area contributed by atoms with Gasteiger partial charge in [0.1, 0.15) is 0 Å². The van der Waals surface area contributed by atoms with Crippen LogP contribution in [0.2, 0.25) is 10.0 Å². The van der Waals surface area contributed by atoms with E-state index in [1.807, 2.05) is 0 Å². The molecule has 5 N–H and O–H groups in total. The zero-order valence-corrected chi connectivity index (χ0v) is 11.9. The number of halogens is 2. The predicted octanol–water partition coefficient (Wildman–Crippen LogP) is 1.44. The standard InChI is InChI=1S/C12H16Cl2N2O3/c1-2-12(5-17,6-18)16-11(19)7-3-8(13)10(14)9(15)4-7/h3-4,17-18H,2,5-6,15H2,1H3,(H,16,19). The van der Waals surface area contributed by atoms with Crippen LogP contribution in [0.1, 0.15) is 23.7 Å². The second-order valence-electron chi connectivity index (χ2n) is 4.27. The van der Waals surface area contributed by atoms with Crippen LogP contribution >= 0.6 is 23.2 Å². The molecule has 7 heteroatoms. The molecular formula is C12H16Cl2N2O3. The fourth-order valence-corrected chi connectivity index (χ4v) is 1.83. The van der Waals surface area contributed by atoms with E-state index in [1.54, 1.807) is 6.92 Å². The van der Waals surface area contributed by atoms with Crippen molar-refractivity contribution in [3.8, 4) is 0 Å². The summed E-state index contributed by atoms with van der Waals surface area (Å²) in [6.45, 7) is 1.00. The van der Waals surface area contributed by atoms with Crippen LogP contribution in [0.4, 0.5) is 5.69 Å². The molecule has 0 fully saturated rings. The molecule has 0 saturated carbocycles. The van der Waals surface area contributed by atoms with E-state index in [-0.39, 0.29) is 34.5 Å². The maximum atomic E-state index is 12.1. The van der Waals surface area contributed by atoms with Gasteiger partial charge < -0.3 is 21.3 Å². The molecule has 106 valence electrons. The number of nitrogens with one attached hydrogen (secondary N) is 1. The van der Waals surface area contributed by atoms with Crippen LogP contribution in [0.3, 0.4) is 0 Å². The summed E-state index contributed by atoms with van der Waals surface area (Å²) in [6, 6.07) is 2.77. The highest BCUT2D eigenvalue weighted by Gasteiger charge is 2.29. The quantitative estimate of drug-likeness (QED) is 0.619. The SMILES string of the molecule is CCC(CO)(CO)NC(=O)c1cc(N)c(Cl)c(Cl)c1. The van der Waals surface area contributed by atoms with Crippen LogP contribution in [0.5, 0.6) is 0 Å². The monoisotopic (exact) mass is 306 g/mol. The van der Waals surface area contributed by atoms with E-state index in [2.05, 4.69) is 5.32 Å². The zero-order valence-electron chi connectivity index (χ0n) is 10.4. The summed E-state index contributed by atoms with van der Waals surface area (Å²) in [5.74, 6) is -0.491. The first-order valence-electron chi connectivity index (χ1n) is 5.68. The number of carbonyl (C=O) groups is 1. The van der Waals surface area contributed by atoms with Gasteiger partial charge in [0.15, 0.2) is 0 Å². The number of benzene rings is 1. The molecule has 0 radical (unpaired) electrons. The molecule has 0 spiro atoms. The lowest BCUT2D eigenvalue weighted by Gasteiger charge is -2.29. The highest BCUT2D eigenvalue weighted by molar-refractivity contribution is 6.43. The number of anilines is 1. The van der Waals surface area contributed by atoms with Crippen LogP contribution in [-0.4, -0.2) is 34.9 Å². The van der Waals surface area contributed by atoms with E-state index in [4.69, 9.17) is 28.9 Å². The molecule has 19 heavy (non-hydrogen) atoms. The predicted molar refractivity (Wildman–Crippen MR) is 75.5 cm³/mol. The minimum Gasteiger partial charge on any atom is -0.397 e. The first-order valence-corrected chi connectivity index (χ1v) is 6.43. The summed E-state index contributed by atoms with van der Waals surface area (Å²) < 4.78 is 0. The van der Waals surface area contributed by atoms with Gasteiger partial charge in [0.2, 0.25) is 0 Å². The van der Waals surface area contributed by atoms with Crippen molar-refractivity contribution in [2.45, 2.75) is 18.9 Å². The number of aliphatic hydroxyl groups excluding tert-OH is 2. The molecule has 0 atom stereocenters. The molecular weight excluding hydrogens is 291 g/mol. The molecule has 0 unspecified atom stereocenters. The molecule has 0 aromatic heterocycles. The number of nitrogens with two attached hydrogens (primary N) is 1. The summed E-state index contributed by atoms with van der Waals surface area (Å²) in [6.07, 6.45) is 0.378. The summed E-state index contributed by atoms with van der Waals surface area (Å²) >= 11 is 11.6. The van der Waals surface area contributed by atoms with Crippen molar-refractivity contribution in [3.05, 3.63) is 27.7 Å². The number of aliphatic hydroxyl groups is 2. The van der Waals surface area contributed by atoms with Crippen molar-refractivity contribution in [1.82, 2.24) is 5.32 Å². The Morgan fingerprint density at radius 1 is 1.37 bits per heavy atom. The number of rotatable bonds is 5. The molecule has 0 heterocycles. The maximum absolute atomic E-state index is 12.1. The van der Waals surface area contributed by atoms with Crippen molar-refractivity contribution in [1.29, 1.82) is 0 Å². The van der Waals surface area contributed by atoms with Gasteiger partial charge in [-0.3, -0.25) is 4.79 Å². The summed E-state index contributed by atoms with van der Waals surface area (Å²) in [5, 5.41) is 21.5. The van der Waals surface area contributed by atoms with Crippen LogP contribution < -0.4 is 11.1 Å². The second-order valence-corrected chi connectivity index (χ2v) is 5.05. The van der Waals surface area contributed by atoms with Gasteiger partial charge in [-0.1, -0.05) is 30.1 Å². The van der Waals surface area contributed by atoms with Gasteiger partial charge in [0, 0.05) is 5.56 Å². The Bertz CT molecular complexity index is 445. The van der Waals surface area contributed by atoms with E-state index in [1.165, 1.54) is 12.1 Å². The molecule has 1 aromatic carbocycles. The maximum Gasteiger partial charge on any atom is 0.252 e. The molecule has 1 aromatic rings. The smallest absolute Gasteiger partial charge is 0.252 e. The fraction of sp³-hybridized carbons (Fsp3) is 0.417. The highest BCUT2D eigenvalue weighted by atomic mass is 35.5. The van der Waals surface area contributed by atoms with Gasteiger partial charge in [-0.05, 0) is 18.6 Å². The summed E-state index contributed by atoms with van der Waals surface area (Å²) in [4.78, 5) is 12.1. The van der Waals surface area contributed by atoms with Crippen molar-refractivity contribution in [2.75, 3.05) is 18.9 Å². The van der Waals surface area contributed by atoms with E-state index >= 15 is 0 Å². The molecule has 1 rings (SSSR count). The molecule has 0 aliphatic rings. The van der Waals surface area contributed by atoms with Crippen LogP contribution in [-0.2, 0) is 0 Å². The average Bonchev–Trinajstić information content (AvgIpc) is 2.41. The molecule has 5 nitrogen and oxygen atoms in total. The van der Waals surface area contributed by atoms with Crippen LogP contribution in [0, 0.1) is 0 Å². The molecule has 1 amide bonds. The van der Waals surface area contributed by atoms with Gasteiger partial charge in [0.25, 0.3) is 5.91 Å². The fourth-order valence-electron chi connectivity index (χ4n) is 1.50. The molecule has 0 aliphatic carbocycles. The highest BCUT2D eigenvalue weighted by Crippen LogP contribution is 2.29. The Morgan fingerprint density at radius 3 is 2.37 bits per heavy atom. The van der Waals surface area contributed by atoms with Gasteiger partial charge in [-0.25, -0.2) is 0 Å². The Hall–Kier alpha value is -1.01. The number of carbonyl (C=O) groups excluding carboxylic acids is 1. The molecule has 0 aliphatic heterocycles. The summed E-state index contributed by atoms with van der Waals surface area (Å²) in [7, 11) is 0. The third-order valence-electron chi connectivity index (χ3n) is 2.98.